The van der Waals surface area contributed by atoms with Crippen LogP contribution in [0.15, 0.2) is 42.7 Å². The van der Waals surface area contributed by atoms with Crippen LogP contribution in [-0.4, -0.2) is 16.1 Å². The van der Waals surface area contributed by atoms with Crippen LogP contribution in [-0.2, 0) is 0 Å². The molecule has 1 N–H and O–H groups in total. The first-order chi connectivity index (χ1) is 7.68. The number of aromatic carboxylic acids is 1. The van der Waals surface area contributed by atoms with Gasteiger partial charge in [0.15, 0.2) is 0 Å². The van der Waals surface area contributed by atoms with Crippen molar-refractivity contribution in [1.82, 2.24) is 4.98 Å². The molecule has 80 valence electrons. The Morgan fingerprint density at radius 1 is 1.19 bits per heavy atom. The summed E-state index contributed by atoms with van der Waals surface area (Å²) in [5.41, 5.74) is 2.96. The Morgan fingerprint density at radius 3 is 2.50 bits per heavy atom. The number of benzene rings is 1. The van der Waals surface area contributed by atoms with Gasteiger partial charge in [0.1, 0.15) is 0 Å². The molecule has 16 heavy (non-hydrogen) atoms. The molecule has 0 atom stereocenters. The monoisotopic (exact) mass is 213 g/mol. The van der Waals surface area contributed by atoms with Crippen LogP contribution >= 0.6 is 0 Å². The lowest BCUT2D eigenvalue weighted by molar-refractivity contribution is 0.0698. The first-order valence-electron chi connectivity index (χ1n) is 4.93. The number of carbonyl (C=O) groups is 1. The first kappa shape index (κ1) is 10.4. The second kappa shape index (κ2) is 4.14. The second-order valence-corrected chi connectivity index (χ2v) is 3.59. The zero-order chi connectivity index (χ0) is 11.5. The Morgan fingerprint density at radius 2 is 1.88 bits per heavy atom. The molecule has 3 heteroatoms. The van der Waals surface area contributed by atoms with Crippen molar-refractivity contribution in [3.63, 3.8) is 0 Å². The lowest BCUT2D eigenvalue weighted by atomic mass is 9.98. The van der Waals surface area contributed by atoms with E-state index in [0.29, 0.717) is 5.56 Å². The fourth-order valence-corrected chi connectivity index (χ4v) is 1.61. The van der Waals surface area contributed by atoms with E-state index in [9.17, 15) is 4.79 Å². The predicted octanol–water partition coefficient (Wildman–Crippen LogP) is 2.76. The van der Waals surface area contributed by atoms with Gasteiger partial charge in [-0.1, -0.05) is 17.7 Å². The fourth-order valence-electron chi connectivity index (χ4n) is 1.61. The summed E-state index contributed by atoms with van der Waals surface area (Å²) < 4.78 is 0. The number of aromatic nitrogens is 1. The fraction of sp³-hybridized carbons (Fsp3) is 0.0769. The second-order valence-electron chi connectivity index (χ2n) is 3.59. The summed E-state index contributed by atoms with van der Waals surface area (Å²) in [6.45, 7) is 1.94. The smallest absolute Gasteiger partial charge is 0.336 e. The predicted molar refractivity (Wildman–Crippen MR) is 61.4 cm³/mol. The standard InChI is InChI=1S/C13H11NO2/c1-9-2-3-11(13(15)16)12(8-9)10-4-6-14-7-5-10/h2-8H,1H3,(H,15,16). The molecule has 0 spiro atoms. The van der Waals surface area contributed by atoms with Crippen LogP contribution in [0.1, 0.15) is 15.9 Å². The van der Waals surface area contributed by atoms with E-state index in [-0.39, 0.29) is 0 Å². The van der Waals surface area contributed by atoms with Gasteiger partial charge in [0.25, 0.3) is 0 Å². The summed E-state index contributed by atoms with van der Waals surface area (Å²) in [4.78, 5) is 15.0. The molecule has 0 aliphatic carbocycles. The average Bonchev–Trinajstić information content (AvgIpc) is 2.29. The number of pyridine rings is 1. The summed E-state index contributed by atoms with van der Waals surface area (Å²) >= 11 is 0. The summed E-state index contributed by atoms with van der Waals surface area (Å²) in [7, 11) is 0. The molecule has 1 aromatic heterocycles. The summed E-state index contributed by atoms with van der Waals surface area (Å²) in [6, 6.07) is 8.92. The van der Waals surface area contributed by atoms with Crippen LogP contribution < -0.4 is 0 Å². The first-order valence-corrected chi connectivity index (χ1v) is 4.93. The van der Waals surface area contributed by atoms with Gasteiger partial charge in [-0.15, -0.1) is 0 Å². The van der Waals surface area contributed by atoms with Gasteiger partial charge in [0, 0.05) is 12.4 Å². The molecular formula is C13H11NO2. The molecule has 0 radical (unpaired) electrons. The van der Waals surface area contributed by atoms with Crippen molar-refractivity contribution < 1.29 is 9.90 Å². The maximum atomic E-state index is 11.1. The molecule has 0 saturated carbocycles. The minimum atomic E-state index is -0.910. The quantitative estimate of drug-likeness (QED) is 0.834. The molecule has 0 unspecified atom stereocenters. The molecule has 0 aliphatic heterocycles. The third-order valence-corrected chi connectivity index (χ3v) is 2.40. The molecular weight excluding hydrogens is 202 g/mol. The van der Waals surface area contributed by atoms with Gasteiger partial charge < -0.3 is 5.11 Å². The van der Waals surface area contributed by atoms with E-state index < -0.39 is 5.97 Å². The van der Waals surface area contributed by atoms with E-state index in [2.05, 4.69) is 4.98 Å². The van der Waals surface area contributed by atoms with Crippen LogP contribution in [0.25, 0.3) is 11.1 Å². The number of nitrogens with zero attached hydrogens (tertiary/aromatic N) is 1. The number of carboxylic acids is 1. The molecule has 3 nitrogen and oxygen atoms in total. The lowest BCUT2D eigenvalue weighted by Crippen LogP contribution is -1.99. The van der Waals surface area contributed by atoms with Gasteiger partial charge in [0.05, 0.1) is 5.56 Å². The van der Waals surface area contributed by atoms with Crippen molar-refractivity contribution in [3.8, 4) is 11.1 Å². The minimum absolute atomic E-state index is 0.316. The van der Waals surface area contributed by atoms with Gasteiger partial charge in [-0.05, 0) is 36.2 Å². The topological polar surface area (TPSA) is 50.2 Å². The molecule has 2 rings (SSSR count). The van der Waals surface area contributed by atoms with Crippen molar-refractivity contribution in [1.29, 1.82) is 0 Å². The van der Waals surface area contributed by atoms with E-state index in [0.717, 1.165) is 16.7 Å². The molecule has 0 bridgehead atoms. The van der Waals surface area contributed by atoms with Crippen LogP contribution in [0.4, 0.5) is 0 Å². The van der Waals surface area contributed by atoms with Gasteiger partial charge in [-0.2, -0.15) is 0 Å². The van der Waals surface area contributed by atoms with Crippen molar-refractivity contribution in [2.24, 2.45) is 0 Å². The van der Waals surface area contributed by atoms with Crippen LogP contribution in [0.5, 0.6) is 0 Å². The van der Waals surface area contributed by atoms with Crippen LogP contribution in [0.2, 0.25) is 0 Å². The van der Waals surface area contributed by atoms with E-state index >= 15 is 0 Å². The maximum absolute atomic E-state index is 11.1. The maximum Gasteiger partial charge on any atom is 0.336 e. The average molecular weight is 213 g/mol. The van der Waals surface area contributed by atoms with Crippen LogP contribution in [0, 0.1) is 6.92 Å². The van der Waals surface area contributed by atoms with E-state index in [1.54, 1.807) is 36.7 Å². The Labute approximate surface area is 93.4 Å². The normalized spacial score (nSPS) is 10.1. The SMILES string of the molecule is Cc1ccc(C(=O)O)c(-c2ccncc2)c1. The molecule has 1 aromatic carbocycles. The van der Waals surface area contributed by atoms with Gasteiger partial charge in [-0.25, -0.2) is 4.79 Å². The highest BCUT2D eigenvalue weighted by atomic mass is 16.4. The van der Waals surface area contributed by atoms with Crippen molar-refractivity contribution >= 4 is 5.97 Å². The van der Waals surface area contributed by atoms with Gasteiger partial charge >= 0.3 is 5.97 Å². The van der Waals surface area contributed by atoms with Gasteiger partial charge in [0.2, 0.25) is 0 Å². The van der Waals surface area contributed by atoms with Crippen molar-refractivity contribution in [2.45, 2.75) is 6.92 Å². The Bertz CT molecular complexity index is 521. The molecule has 0 fully saturated rings. The highest BCUT2D eigenvalue weighted by Crippen LogP contribution is 2.24. The molecule has 0 amide bonds. The van der Waals surface area contributed by atoms with Crippen molar-refractivity contribution in [2.75, 3.05) is 0 Å². The highest BCUT2D eigenvalue weighted by Gasteiger charge is 2.11. The van der Waals surface area contributed by atoms with Crippen molar-refractivity contribution in [3.05, 3.63) is 53.9 Å². The summed E-state index contributed by atoms with van der Waals surface area (Å²) in [6.07, 6.45) is 3.31. The number of rotatable bonds is 2. The largest absolute Gasteiger partial charge is 0.478 e. The molecule has 0 aliphatic rings. The van der Waals surface area contributed by atoms with E-state index in [1.807, 2.05) is 13.0 Å². The number of carboxylic acid groups (broad SMARTS) is 1. The van der Waals surface area contributed by atoms with Crippen LogP contribution in [0.3, 0.4) is 0 Å². The zero-order valence-corrected chi connectivity index (χ0v) is 8.84. The number of hydrogen-bond donors (Lipinski definition) is 1. The zero-order valence-electron chi connectivity index (χ0n) is 8.84. The third-order valence-electron chi connectivity index (χ3n) is 2.40. The van der Waals surface area contributed by atoms with Gasteiger partial charge in [-0.3, -0.25) is 4.98 Å². The van der Waals surface area contributed by atoms with E-state index in [4.69, 9.17) is 5.11 Å². The van der Waals surface area contributed by atoms with E-state index in [1.165, 1.54) is 0 Å². The summed E-state index contributed by atoms with van der Waals surface area (Å²) in [5.74, 6) is -0.910. The molecule has 0 saturated heterocycles. The Kier molecular flexibility index (Phi) is 2.68. The Hall–Kier alpha value is -2.16. The Balaban J connectivity index is 2.63. The minimum Gasteiger partial charge on any atom is -0.478 e. The molecule has 2 aromatic rings. The highest BCUT2D eigenvalue weighted by molar-refractivity contribution is 5.96. The number of aryl methyl sites for hydroxylation is 1. The lowest BCUT2D eigenvalue weighted by Gasteiger charge is -2.07. The molecule has 1 heterocycles. The summed E-state index contributed by atoms with van der Waals surface area (Å²) in [5, 5.41) is 9.10. The number of hydrogen-bond acceptors (Lipinski definition) is 2. The third kappa shape index (κ3) is 1.93.